The summed E-state index contributed by atoms with van der Waals surface area (Å²) < 4.78 is 0. The number of hydrogen-bond donors (Lipinski definition) is 1. The molecule has 3 heteroatoms. The predicted octanol–water partition coefficient (Wildman–Crippen LogP) is 4.06. The van der Waals surface area contributed by atoms with E-state index >= 15 is 0 Å². The number of nitrogen functional groups attached to an aromatic ring is 1. The van der Waals surface area contributed by atoms with Crippen LogP contribution < -0.4 is 5.73 Å². The number of thiophene rings is 1. The molecule has 2 N–H and O–H groups in total. The Balaban J connectivity index is 2.12. The maximum Gasteiger partial charge on any atom is 0.0394 e. The van der Waals surface area contributed by atoms with Crippen molar-refractivity contribution in [3.8, 4) is 22.3 Å². The van der Waals surface area contributed by atoms with Crippen molar-refractivity contribution >= 4 is 17.0 Å². The summed E-state index contributed by atoms with van der Waals surface area (Å²) in [5, 5.41) is 4.18. The van der Waals surface area contributed by atoms with E-state index in [0.717, 1.165) is 22.4 Å². The first-order chi connectivity index (χ1) is 8.84. The third-order valence-electron chi connectivity index (χ3n) is 2.90. The van der Waals surface area contributed by atoms with Gasteiger partial charge in [0, 0.05) is 23.6 Å². The Morgan fingerprint density at radius 3 is 2.44 bits per heavy atom. The number of nitrogens with two attached hydrogens (primary N) is 1. The van der Waals surface area contributed by atoms with Crippen molar-refractivity contribution in [1.29, 1.82) is 0 Å². The van der Waals surface area contributed by atoms with Gasteiger partial charge < -0.3 is 5.73 Å². The number of benzene rings is 1. The Hall–Kier alpha value is -2.13. The largest absolute Gasteiger partial charge is 0.398 e. The standard InChI is InChI=1S/C15H12N2S/c16-15-2-1-12(11-3-6-17-7-4-11)9-14(15)13-5-8-18-10-13/h1-10H,16H2. The van der Waals surface area contributed by atoms with Crippen molar-refractivity contribution in [2.45, 2.75) is 0 Å². The molecule has 1 aromatic carbocycles. The van der Waals surface area contributed by atoms with Crippen molar-refractivity contribution < 1.29 is 0 Å². The molecule has 0 spiro atoms. The van der Waals surface area contributed by atoms with E-state index in [1.54, 1.807) is 23.7 Å². The van der Waals surface area contributed by atoms with Crippen molar-refractivity contribution in [3.63, 3.8) is 0 Å². The van der Waals surface area contributed by atoms with Gasteiger partial charge in [0.1, 0.15) is 0 Å². The van der Waals surface area contributed by atoms with E-state index in [2.05, 4.69) is 27.9 Å². The van der Waals surface area contributed by atoms with Crippen LogP contribution in [0, 0.1) is 0 Å². The van der Waals surface area contributed by atoms with Gasteiger partial charge in [0.25, 0.3) is 0 Å². The maximum absolute atomic E-state index is 6.05. The molecule has 0 atom stereocenters. The molecule has 0 aliphatic rings. The van der Waals surface area contributed by atoms with Gasteiger partial charge in [-0.1, -0.05) is 6.07 Å². The van der Waals surface area contributed by atoms with E-state index < -0.39 is 0 Å². The van der Waals surface area contributed by atoms with Gasteiger partial charge in [0.15, 0.2) is 0 Å². The predicted molar refractivity (Wildman–Crippen MR) is 77.4 cm³/mol. The van der Waals surface area contributed by atoms with Crippen molar-refractivity contribution in [3.05, 3.63) is 59.6 Å². The number of hydrogen-bond acceptors (Lipinski definition) is 3. The Bertz CT molecular complexity index is 646. The zero-order valence-electron chi connectivity index (χ0n) is 9.71. The van der Waals surface area contributed by atoms with Crippen LogP contribution in [0.2, 0.25) is 0 Å². The minimum atomic E-state index is 0.811. The molecule has 0 radical (unpaired) electrons. The van der Waals surface area contributed by atoms with Gasteiger partial charge in [0.05, 0.1) is 0 Å². The summed E-state index contributed by atoms with van der Waals surface area (Å²) in [6, 6.07) is 12.2. The Kier molecular flexibility index (Phi) is 2.82. The highest BCUT2D eigenvalue weighted by molar-refractivity contribution is 7.08. The summed E-state index contributed by atoms with van der Waals surface area (Å²) in [5.41, 5.74) is 11.4. The summed E-state index contributed by atoms with van der Waals surface area (Å²) >= 11 is 1.68. The molecule has 2 aromatic heterocycles. The third-order valence-corrected chi connectivity index (χ3v) is 3.58. The van der Waals surface area contributed by atoms with Gasteiger partial charge in [-0.05, 0) is 57.8 Å². The van der Waals surface area contributed by atoms with Crippen molar-refractivity contribution in [2.75, 3.05) is 5.73 Å². The lowest BCUT2D eigenvalue weighted by Crippen LogP contribution is -1.90. The van der Waals surface area contributed by atoms with E-state index in [0.29, 0.717) is 0 Å². The lowest BCUT2D eigenvalue weighted by molar-refractivity contribution is 1.33. The highest BCUT2D eigenvalue weighted by Crippen LogP contribution is 2.32. The first kappa shape index (κ1) is 11.0. The normalized spacial score (nSPS) is 10.4. The first-order valence-electron chi connectivity index (χ1n) is 5.67. The SMILES string of the molecule is Nc1ccc(-c2ccncc2)cc1-c1ccsc1. The molecule has 0 amide bonds. The molecule has 88 valence electrons. The van der Waals surface area contributed by atoms with E-state index in [-0.39, 0.29) is 0 Å². The van der Waals surface area contributed by atoms with Gasteiger partial charge in [0.2, 0.25) is 0 Å². The Morgan fingerprint density at radius 1 is 0.889 bits per heavy atom. The number of aromatic nitrogens is 1. The topological polar surface area (TPSA) is 38.9 Å². The summed E-state index contributed by atoms with van der Waals surface area (Å²) in [5.74, 6) is 0. The lowest BCUT2D eigenvalue weighted by Gasteiger charge is -2.07. The minimum absolute atomic E-state index is 0.811. The maximum atomic E-state index is 6.05. The monoisotopic (exact) mass is 252 g/mol. The van der Waals surface area contributed by atoms with Gasteiger partial charge in [-0.3, -0.25) is 4.98 Å². The number of anilines is 1. The van der Waals surface area contributed by atoms with E-state index in [4.69, 9.17) is 5.73 Å². The van der Waals surface area contributed by atoms with Gasteiger partial charge >= 0.3 is 0 Å². The average Bonchev–Trinajstić information content (AvgIpc) is 2.94. The molecular weight excluding hydrogens is 240 g/mol. The molecule has 0 bridgehead atoms. The van der Waals surface area contributed by atoms with E-state index in [1.807, 2.05) is 24.3 Å². The van der Waals surface area contributed by atoms with Crippen LogP contribution in [-0.4, -0.2) is 4.98 Å². The van der Waals surface area contributed by atoms with Crippen LogP contribution in [0.1, 0.15) is 0 Å². The molecule has 3 rings (SSSR count). The van der Waals surface area contributed by atoms with Crippen LogP contribution in [0.15, 0.2) is 59.6 Å². The third kappa shape index (κ3) is 2.00. The molecule has 0 aliphatic carbocycles. The van der Waals surface area contributed by atoms with Gasteiger partial charge in [-0.25, -0.2) is 0 Å². The number of pyridine rings is 1. The van der Waals surface area contributed by atoms with Gasteiger partial charge in [-0.2, -0.15) is 11.3 Å². The van der Waals surface area contributed by atoms with Gasteiger partial charge in [-0.15, -0.1) is 0 Å². The highest BCUT2D eigenvalue weighted by Gasteiger charge is 2.05. The smallest absolute Gasteiger partial charge is 0.0394 e. The Morgan fingerprint density at radius 2 is 1.72 bits per heavy atom. The van der Waals surface area contributed by atoms with E-state index in [9.17, 15) is 0 Å². The quantitative estimate of drug-likeness (QED) is 0.698. The molecular formula is C15H12N2S. The second-order valence-electron chi connectivity index (χ2n) is 4.05. The average molecular weight is 252 g/mol. The zero-order chi connectivity index (χ0) is 12.4. The van der Waals surface area contributed by atoms with Crippen LogP contribution in [0.25, 0.3) is 22.3 Å². The molecule has 0 fully saturated rings. The summed E-state index contributed by atoms with van der Waals surface area (Å²) in [6.45, 7) is 0. The Labute approximate surface area is 110 Å². The molecule has 0 aliphatic heterocycles. The van der Waals surface area contributed by atoms with Crippen LogP contribution in [0.5, 0.6) is 0 Å². The fraction of sp³-hybridized carbons (Fsp3) is 0. The first-order valence-corrected chi connectivity index (χ1v) is 6.61. The summed E-state index contributed by atoms with van der Waals surface area (Å²) in [4.78, 5) is 4.04. The summed E-state index contributed by atoms with van der Waals surface area (Å²) in [7, 11) is 0. The van der Waals surface area contributed by atoms with Crippen molar-refractivity contribution in [1.82, 2.24) is 4.98 Å². The molecule has 2 heterocycles. The van der Waals surface area contributed by atoms with Crippen LogP contribution in [0.3, 0.4) is 0 Å². The van der Waals surface area contributed by atoms with Crippen molar-refractivity contribution in [2.24, 2.45) is 0 Å². The molecule has 18 heavy (non-hydrogen) atoms. The van der Waals surface area contributed by atoms with Crippen LogP contribution >= 0.6 is 11.3 Å². The fourth-order valence-electron chi connectivity index (χ4n) is 1.95. The molecule has 0 saturated heterocycles. The van der Waals surface area contributed by atoms with Crippen LogP contribution in [0.4, 0.5) is 5.69 Å². The summed E-state index contributed by atoms with van der Waals surface area (Å²) in [6.07, 6.45) is 3.60. The number of nitrogens with zero attached hydrogens (tertiary/aromatic N) is 1. The highest BCUT2D eigenvalue weighted by atomic mass is 32.1. The van der Waals surface area contributed by atoms with E-state index in [1.165, 1.54) is 5.56 Å². The second kappa shape index (κ2) is 4.63. The molecule has 2 nitrogen and oxygen atoms in total. The number of rotatable bonds is 2. The lowest BCUT2D eigenvalue weighted by atomic mass is 10.00. The molecule has 0 unspecified atom stereocenters. The molecule has 0 saturated carbocycles. The minimum Gasteiger partial charge on any atom is -0.398 e. The van der Waals surface area contributed by atoms with Crippen LogP contribution in [-0.2, 0) is 0 Å². The zero-order valence-corrected chi connectivity index (χ0v) is 10.5. The fourth-order valence-corrected chi connectivity index (χ4v) is 2.60. The second-order valence-corrected chi connectivity index (χ2v) is 4.83. The molecule has 3 aromatic rings.